The lowest BCUT2D eigenvalue weighted by Crippen LogP contribution is -2.38. The lowest BCUT2D eigenvalue weighted by atomic mass is 9.97. The van der Waals surface area contributed by atoms with Crippen molar-refractivity contribution < 1.29 is 13.2 Å². The number of tetrazole rings is 1. The maximum absolute atomic E-state index is 12.7. The minimum atomic E-state index is -3.40. The van der Waals surface area contributed by atoms with E-state index in [2.05, 4.69) is 15.5 Å². The molecule has 3 heterocycles. The third-order valence-electron chi connectivity index (χ3n) is 4.72. The van der Waals surface area contributed by atoms with Crippen LogP contribution in [-0.4, -0.2) is 53.1 Å². The van der Waals surface area contributed by atoms with Crippen molar-refractivity contribution in [2.24, 2.45) is 0 Å². The highest BCUT2D eigenvalue weighted by atomic mass is 32.2. The topological polar surface area (TPSA) is 90.2 Å². The number of aromatic nitrogens is 4. The molecule has 1 aliphatic rings. The molecule has 1 aromatic carbocycles. The molecule has 0 saturated carbocycles. The Balaban J connectivity index is 1.50. The van der Waals surface area contributed by atoms with Crippen molar-refractivity contribution in [3.8, 4) is 11.4 Å². The second-order valence-electron chi connectivity index (χ2n) is 6.26. The molecule has 8 nitrogen and oxygen atoms in total. The van der Waals surface area contributed by atoms with Gasteiger partial charge in [0.05, 0.1) is 12.8 Å². The molecule has 4 rings (SSSR count). The van der Waals surface area contributed by atoms with Crippen LogP contribution in [0.1, 0.15) is 24.6 Å². The maximum Gasteiger partial charge on any atom is 0.252 e. The van der Waals surface area contributed by atoms with Crippen molar-refractivity contribution in [3.63, 3.8) is 0 Å². The molecule has 0 spiro atoms. The lowest BCUT2D eigenvalue weighted by Gasteiger charge is -2.30. The van der Waals surface area contributed by atoms with Gasteiger partial charge in [-0.2, -0.15) is 8.99 Å². The van der Waals surface area contributed by atoms with E-state index in [-0.39, 0.29) is 5.92 Å². The quantitative estimate of drug-likeness (QED) is 0.647. The van der Waals surface area contributed by atoms with E-state index in [0.717, 1.165) is 17.3 Å². The SMILES string of the molecule is COc1ccc(-n2nnnc2C2CCN(S(=O)(=O)c3cccs3)CC2)cc1. The second kappa shape index (κ2) is 7.37. The summed E-state index contributed by atoms with van der Waals surface area (Å²) in [6, 6.07) is 10.9. The first kappa shape index (κ1) is 18.1. The Morgan fingerprint density at radius 3 is 2.52 bits per heavy atom. The van der Waals surface area contributed by atoms with Gasteiger partial charge in [0, 0.05) is 19.0 Å². The molecular formula is C17H19N5O3S2. The summed E-state index contributed by atoms with van der Waals surface area (Å²) in [5, 5.41) is 13.9. The number of piperidine rings is 1. The molecule has 0 N–H and O–H groups in total. The zero-order valence-electron chi connectivity index (χ0n) is 14.7. The number of rotatable bonds is 5. The third-order valence-corrected chi connectivity index (χ3v) is 7.99. The number of nitrogens with zero attached hydrogens (tertiary/aromatic N) is 5. The maximum atomic E-state index is 12.7. The molecule has 1 saturated heterocycles. The van der Waals surface area contributed by atoms with Crippen LogP contribution in [-0.2, 0) is 10.0 Å². The third kappa shape index (κ3) is 3.47. The zero-order chi connectivity index (χ0) is 18.9. The smallest absolute Gasteiger partial charge is 0.252 e. The van der Waals surface area contributed by atoms with Crippen LogP contribution in [0, 0.1) is 0 Å². The van der Waals surface area contributed by atoms with E-state index in [0.29, 0.717) is 30.1 Å². The summed E-state index contributed by atoms with van der Waals surface area (Å²) in [7, 11) is -1.78. The van der Waals surface area contributed by atoms with Crippen molar-refractivity contribution >= 4 is 21.4 Å². The summed E-state index contributed by atoms with van der Waals surface area (Å²) >= 11 is 1.25. The average molecular weight is 406 g/mol. The summed E-state index contributed by atoms with van der Waals surface area (Å²) in [4.78, 5) is 0. The Kier molecular flexibility index (Phi) is 4.94. The number of methoxy groups -OCH3 is 1. The fourth-order valence-electron chi connectivity index (χ4n) is 3.25. The van der Waals surface area contributed by atoms with Gasteiger partial charge in [0.15, 0.2) is 5.82 Å². The molecule has 10 heteroatoms. The number of sulfonamides is 1. The summed E-state index contributed by atoms with van der Waals surface area (Å²) in [5.41, 5.74) is 0.851. The Labute approximate surface area is 161 Å². The van der Waals surface area contributed by atoms with E-state index >= 15 is 0 Å². The van der Waals surface area contributed by atoms with Gasteiger partial charge in [0.1, 0.15) is 9.96 Å². The summed E-state index contributed by atoms with van der Waals surface area (Å²) < 4.78 is 34.2. The van der Waals surface area contributed by atoms with Crippen LogP contribution >= 0.6 is 11.3 Å². The van der Waals surface area contributed by atoms with Gasteiger partial charge in [-0.15, -0.1) is 16.4 Å². The Morgan fingerprint density at radius 1 is 1.15 bits per heavy atom. The van der Waals surface area contributed by atoms with Crippen LogP contribution in [0.5, 0.6) is 5.75 Å². The minimum Gasteiger partial charge on any atom is -0.497 e. The van der Waals surface area contributed by atoms with Crippen LogP contribution in [0.15, 0.2) is 46.0 Å². The van der Waals surface area contributed by atoms with Crippen molar-refractivity contribution in [2.75, 3.05) is 20.2 Å². The van der Waals surface area contributed by atoms with Crippen LogP contribution < -0.4 is 4.74 Å². The molecule has 0 unspecified atom stereocenters. The first-order valence-electron chi connectivity index (χ1n) is 8.56. The van der Waals surface area contributed by atoms with E-state index in [1.54, 1.807) is 33.6 Å². The van der Waals surface area contributed by atoms with E-state index in [4.69, 9.17) is 4.74 Å². The molecule has 0 atom stereocenters. The Hall–Kier alpha value is -2.30. The van der Waals surface area contributed by atoms with E-state index < -0.39 is 10.0 Å². The molecule has 2 aromatic heterocycles. The van der Waals surface area contributed by atoms with Crippen molar-refractivity contribution in [1.82, 2.24) is 24.5 Å². The fraction of sp³-hybridized carbons (Fsp3) is 0.353. The Morgan fingerprint density at radius 2 is 1.89 bits per heavy atom. The normalized spacial score (nSPS) is 16.5. The van der Waals surface area contributed by atoms with Crippen molar-refractivity contribution in [1.29, 1.82) is 0 Å². The molecule has 0 bridgehead atoms. The van der Waals surface area contributed by atoms with Crippen molar-refractivity contribution in [3.05, 3.63) is 47.6 Å². The molecule has 1 fully saturated rings. The van der Waals surface area contributed by atoms with Crippen LogP contribution in [0.2, 0.25) is 0 Å². The molecule has 0 radical (unpaired) electrons. The first-order valence-corrected chi connectivity index (χ1v) is 10.9. The largest absolute Gasteiger partial charge is 0.497 e. The van der Waals surface area contributed by atoms with Gasteiger partial charge in [-0.1, -0.05) is 6.07 Å². The van der Waals surface area contributed by atoms with Gasteiger partial charge >= 0.3 is 0 Å². The molecule has 142 valence electrons. The monoisotopic (exact) mass is 405 g/mol. The molecule has 3 aromatic rings. The van der Waals surface area contributed by atoms with E-state index in [1.807, 2.05) is 24.3 Å². The standard InChI is InChI=1S/C17H19N5O3S2/c1-25-15-6-4-14(5-7-15)22-17(18-19-20-22)13-8-10-21(11-9-13)27(23,24)16-3-2-12-26-16/h2-7,12-13H,8-11H2,1H3. The molecule has 27 heavy (non-hydrogen) atoms. The first-order chi connectivity index (χ1) is 13.1. The molecular weight excluding hydrogens is 386 g/mol. The lowest BCUT2D eigenvalue weighted by molar-refractivity contribution is 0.312. The fourth-order valence-corrected chi connectivity index (χ4v) is 5.86. The van der Waals surface area contributed by atoms with E-state index in [1.165, 1.54) is 11.3 Å². The highest BCUT2D eigenvalue weighted by molar-refractivity contribution is 7.91. The zero-order valence-corrected chi connectivity index (χ0v) is 16.4. The van der Waals surface area contributed by atoms with Gasteiger partial charge in [0.2, 0.25) is 0 Å². The molecule has 1 aliphatic heterocycles. The van der Waals surface area contributed by atoms with Gasteiger partial charge in [-0.05, 0) is 59.0 Å². The number of hydrogen-bond acceptors (Lipinski definition) is 7. The summed E-state index contributed by atoms with van der Waals surface area (Å²) in [5.74, 6) is 1.63. The van der Waals surface area contributed by atoms with Crippen molar-refractivity contribution in [2.45, 2.75) is 23.0 Å². The number of benzene rings is 1. The number of hydrogen-bond donors (Lipinski definition) is 0. The second-order valence-corrected chi connectivity index (χ2v) is 9.37. The molecule has 0 amide bonds. The van der Waals surface area contributed by atoms with E-state index in [9.17, 15) is 8.42 Å². The highest BCUT2D eigenvalue weighted by Gasteiger charge is 2.32. The number of thiophene rings is 1. The van der Waals surface area contributed by atoms with Gasteiger partial charge in [-0.25, -0.2) is 8.42 Å². The van der Waals surface area contributed by atoms with Crippen LogP contribution in [0.25, 0.3) is 5.69 Å². The minimum absolute atomic E-state index is 0.108. The summed E-state index contributed by atoms with van der Waals surface area (Å²) in [6.45, 7) is 0.917. The van der Waals surface area contributed by atoms with Gasteiger partial charge in [-0.3, -0.25) is 0 Å². The van der Waals surface area contributed by atoms with Gasteiger partial charge in [0.25, 0.3) is 10.0 Å². The predicted molar refractivity (Wildman–Crippen MR) is 101 cm³/mol. The van der Waals surface area contributed by atoms with Crippen LogP contribution in [0.3, 0.4) is 0 Å². The highest BCUT2D eigenvalue weighted by Crippen LogP contribution is 2.31. The predicted octanol–water partition coefficient (Wildman–Crippen LogP) is 2.30. The van der Waals surface area contributed by atoms with Gasteiger partial charge < -0.3 is 4.74 Å². The Bertz CT molecular complexity index is 992. The molecule has 0 aliphatic carbocycles. The van der Waals surface area contributed by atoms with Crippen LogP contribution in [0.4, 0.5) is 0 Å². The average Bonchev–Trinajstić information content (AvgIpc) is 3.40. The summed E-state index contributed by atoms with van der Waals surface area (Å²) in [6.07, 6.45) is 1.36. The number of ether oxygens (including phenoxy) is 1.